The summed E-state index contributed by atoms with van der Waals surface area (Å²) in [5, 5.41) is 7.84. The maximum atomic E-state index is 11.1. The Bertz CT molecular complexity index is 757. The van der Waals surface area contributed by atoms with E-state index in [4.69, 9.17) is 21.7 Å². The number of aromatic nitrogens is 1. The second-order valence-corrected chi connectivity index (χ2v) is 6.17. The summed E-state index contributed by atoms with van der Waals surface area (Å²) < 4.78 is 5.24. The predicted octanol–water partition coefficient (Wildman–Crippen LogP) is 5.28. The van der Waals surface area contributed by atoms with Crippen LogP contribution in [0.15, 0.2) is 30.5 Å². The minimum atomic E-state index is 0.0753. The zero-order valence-electron chi connectivity index (χ0n) is 15.4. The molecular formula is C20H25ClN2O2. The van der Waals surface area contributed by atoms with E-state index in [2.05, 4.69) is 11.9 Å². The Balaban J connectivity index is 0.000000257. The van der Waals surface area contributed by atoms with Crippen molar-refractivity contribution in [2.45, 2.75) is 40.5 Å². The Kier molecular flexibility index (Phi) is 8.29. The number of nitrogens with zero attached hydrogens (tertiary/aromatic N) is 1. The minimum Gasteiger partial charge on any atom is -0.496 e. The van der Waals surface area contributed by atoms with Crippen LogP contribution in [-0.2, 0) is 6.42 Å². The number of hydrogen-bond donors (Lipinski definition) is 1. The number of rotatable bonds is 5. The molecule has 1 heterocycles. The molecule has 2 aromatic rings. The lowest BCUT2D eigenvalue weighted by Crippen LogP contribution is -1.97. The van der Waals surface area contributed by atoms with E-state index in [9.17, 15) is 4.79 Å². The number of aryl methyl sites for hydroxylation is 2. The Labute approximate surface area is 154 Å². The van der Waals surface area contributed by atoms with E-state index < -0.39 is 0 Å². The molecule has 0 amide bonds. The van der Waals surface area contributed by atoms with Crippen molar-refractivity contribution in [3.05, 3.63) is 57.9 Å². The Morgan fingerprint density at radius 2 is 1.96 bits per heavy atom. The van der Waals surface area contributed by atoms with Gasteiger partial charge in [0.1, 0.15) is 10.9 Å². The van der Waals surface area contributed by atoms with Crippen LogP contribution in [0.25, 0.3) is 0 Å². The summed E-state index contributed by atoms with van der Waals surface area (Å²) in [4.78, 5) is 15.0. The summed E-state index contributed by atoms with van der Waals surface area (Å²) in [6, 6.07) is 7.40. The van der Waals surface area contributed by atoms with Crippen LogP contribution in [0.4, 0.5) is 0 Å². The van der Waals surface area contributed by atoms with E-state index in [1.807, 2.05) is 25.1 Å². The Hall–Kier alpha value is -2.20. The summed E-state index contributed by atoms with van der Waals surface area (Å²) in [5.74, 6) is 0.894. The van der Waals surface area contributed by atoms with Crippen molar-refractivity contribution in [3.63, 3.8) is 0 Å². The highest BCUT2D eigenvalue weighted by Gasteiger charge is 2.06. The van der Waals surface area contributed by atoms with Crippen LogP contribution in [0.5, 0.6) is 5.75 Å². The molecule has 0 saturated heterocycles. The van der Waals surface area contributed by atoms with Gasteiger partial charge in [-0.05, 0) is 50.5 Å². The van der Waals surface area contributed by atoms with Crippen LogP contribution in [0.3, 0.4) is 0 Å². The molecule has 0 atom stereocenters. The Morgan fingerprint density at radius 3 is 2.44 bits per heavy atom. The standard InChI is InChI=1S/C12H16O2.C8H9ClN2/c1-4-5-10-6-7-11(9(2)13)8-12(10)14-3;1-5-3-8(9)11-4-7(5)6(2)10/h6-8H,4-5H2,1-3H3;3-4,10H,1-2H3. The van der Waals surface area contributed by atoms with Gasteiger partial charge >= 0.3 is 0 Å². The third kappa shape index (κ3) is 6.31. The van der Waals surface area contributed by atoms with Gasteiger partial charge in [-0.25, -0.2) is 4.98 Å². The third-order valence-electron chi connectivity index (χ3n) is 3.69. The fourth-order valence-corrected chi connectivity index (χ4v) is 2.57. The third-order valence-corrected chi connectivity index (χ3v) is 3.90. The van der Waals surface area contributed by atoms with E-state index in [0.29, 0.717) is 16.4 Å². The average molecular weight is 361 g/mol. The second kappa shape index (κ2) is 9.94. The van der Waals surface area contributed by atoms with Gasteiger partial charge in [0.15, 0.2) is 5.78 Å². The van der Waals surface area contributed by atoms with Gasteiger partial charge in [-0.2, -0.15) is 0 Å². The number of halogens is 1. The monoisotopic (exact) mass is 360 g/mol. The molecule has 1 aromatic heterocycles. The van der Waals surface area contributed by atoms with Crippen LogP contribution >= 0.6 is 11.6 Å². The zero-order chi connectivity index (χ0) is 19.0. The van der Waals surface area contributed by atoms with E-state index in [1.54, 1.807) is 33.2 Å². The summed E-state index contributed by atoms with van der Waals surface area (Å²) in [6.07, 6.45) is 3.69. The van der Waals surface area contributed by atoms with Gasteiger partial charge in [-0.3, -0.25) is 4.79 Å². The maximum absolute atomic E-state index is 11.1. The molecule has 0 unspecified atom stereocenters. The van der Waals surface area contributed by atoms with Crippen LogP contribution in [0.1, 0.15) is 54.2 Å². The molecule has 25 heavy (non-hydrogen) atoms. The molecule has 0 aliphatic heterocycles. The fourth-order valence-electron chi connectivity index (χ4n) is 2.35. The first-order chi connectivity index (χ1) is 11.8. The molecule has 5 heteroatoms. The highest BCUT2D eigenvalue weighted by Crippen LogP contribution is 2.21. The first-order valence-corrected chi connectivity index (χ1v) is 8.53. The van der Waals surface area contributed by atoms with Crippen molar-refractivity contribution in [3.8, 4) is 5.75 Å². The van der Waals surface area contributed by atoms with Gasteiger partial charge in [0.05, 0.1) is 7.11 Å². The van der Waals surface area contributed by atoms with Crippen molar-refractivity contribution in [2.24, 2.45) is 0 Å². The van der Waals surface area contributed by atoms with Gasteiger partial charge < -0.3 is 10.1 Å². The van der Waals surface area contributed by atoms with Gasteiger partial charge in [0, 0.05) is 23.0 Å². The Morgan fingerprint density at radius 1 is 1.28 bits per heavy atom. The van der Waals surface area contributed by atoms with E-state index >= 15 is 0 Å². The van der Waals surface area contributed by atoms with Gasteiger partial charge in [0.25, 0.3) is 0 Å². The first kappa shape index (κ1) is 20.8. The van der Waals surface area contributed by atoms with E-state index in [-0.39, 0.29) is 5.78 Å². The number of nitrogens with one attached hydrogen (secondary N) is 1. The normalized spacial score (nSPS) is 9.84. The predicted molar refractivity (Wildman–Crippen MR) is 103 cm³/mol. The highest BCUT2D eigenvalue weighted by molar-refractivity contribution is 6.29. The van der Waals surface area contributed by atoms with Crippen LogP contribution in [0, 0.1) is 12.3 Å². The van der Waals surface area contributed by atoms with Gasteiger partial charge in [-0.15, -0.1) is 0 Å². The number of pyridine rings is 1. The number of benzene rings is 1. The molecule has 0 bridgehead atoms. The van der Waals surface area contributed by atoms with E-state index in [0.717, 1.165) is 29.7 Å². The fraction of sp³-hybridized carbons (Fsp3) is 0.350. The molecule has 1 aromatic carbocycles. The summed E-state index contributed by atoms with van der Waals surface area (Å²) in [6.45, 7) is 7.34. The topological polar surface area (TPSA) is 63.0 Å². The molecule has 2 rings (SSSR count). The second-order valence-electron chi connectivity index (χ2n) is 5.78. The lowest BCUT2D eigenvalue weighted by Gasteiger charge is -2.08. The first-order valence-electron chi connectivity index (χ1n) is 8.15. The molecule has 0 radical (unpaired) electrons. The highest BCUT2D eigenvalue weighted by atomic mass is 35.5. The van der Waals surface area contributed by atoms with Gasteiger partial charge in [-0.1, -0.05) is 37.1 Å². The quantitative estimate of drug-likeness (QED) is 0.448. The smallest absolute Gasteiger partial charge is 0.159 e. The molecule has 0 aliphatic rings. The molecule has 0 spiro atoms. The average Bonchev–Trinajstić information content (AvgIpc) is 2.55. The number of methoxy groups -OCH3 is 1. The van der Waals surface area contributed by atoms with E-state index in [1.165, 1.54) is 5.56 Å². The van der Waals surface area contributed by atoms with Crippen LogP contribution in [0.2, 0.25) is 5.15 Å². The number of Topliss-reactive ketones (excluding diaryl/α,β-unsaturated/α-hetero) is 1. The molecule has 134 valence electrons. The summed E-state index contributed by atoms with van der Waals surface area (Å²) in [7, 11) is 1.64. The summed E-state index contributed by atoms with van der Waals surface area (Å²) in [5.41, 5.74) is 4.25. The number of carbonyl (C=O) groups is 1. The van der Waals surface area contributed by atoms with Crippen LogP contribution in [-0.4, -0.2) is 23.6 Å². The minimum absolute atomic E-state index is 0.0753. The molecule has 0 saturated carbocycles. The van der Waals surface area contributed by atoms with Crippen molar-refractivity contribution in [1.82, 2.24) is 4.98 Å². The zero-order valence-corrected chi connectivity index (χ0v) is 16.2. The number of hydrogen-bond acceptors (Lipinski definition) is 4. The lowest BCUT2D eigenvalue weighted by atomic mass is 10.0. The molecule has 4 nitrogen and oxygen atoms in total. The molecular weight excluding hydrogens is 336 g/mol. The van der Waals surface area contributed by atoms with Crippen molar-refractivity contribution in [2.75, 3.05) is 7.11 Å². The number of carbonyl (C=O) groups excluding carboxylic acids is 1. The van der Waals surface area contributed by atoms with Crippen molar-refractivity contribution >= 4 is 23.1 Å². The van der Waals surface area contributed by atoms with Gasteiger partial charge in [0.2, 0.25) is 0 Å². The largest absolute Gasteiger partial charge is 0.496 e. The number of ketones is 1. The lowest BCUT2D eigenvalue weighted by molar-refractivity contribution is 0.101. The van der Waals surface area contributed by atoms with Crippen molar-refractivity contribution < 1.29 is 9.53 Å². The SMILES string of the molecule is CC(=N)c1cnc(Cl)cc1C.CCCc1ccc(C(C)=O)cc1OC. The molecule has 0 fully saturated rings. The molecule has 1 N–H and O–H groups in total. The maximum Gasteiger partial charge on any atom is 0.159 e. The summed E-state index contributed by atoms with van der Waals surface area (Å²) >= 11 is 5.64. The van der Waals surface area contributed by atoms with Crippen LogP contribution < -0.4 is 4.74 Å². The number of ether oxygens (including phenoxy) is 1. The van der Waals surface area contributed by atoms with Crippen molar-refractivity contribution in [1.29, 1.82) is 5.41 Å². The molecule has 0 aliphatic carbocycles.